The number of benzene rings is 1. The van der Waals surface area contributed by atoms with Crippen molar-refractivity contribution in [3.8, 4) is 0 Å². The third-order valence-electron chi connectivity index (χ3n) is 3.82. The van der Waals surface area contributed by atoms with Crippen molar-refractivity contribution >= 4 is 0 Å². The Hall–Kier alpha value is -0.860. The van der Waals surface area contributed by atoms with Crippen LogP contribution < -0.4 is 5.32 Å². The first-order valence-corrected chi connectivity index (χ1v) is 7.23. The minimum absolute atomic E-state index is 0.503. The van der Waals surface area contributed by atoms with E-state index in [1.54, 1.807) is 0 Å². The molecule has 0 bridgehead atoms. The van der Waals surface area contributed by atoms with Crippen molar-refractivity contribution < 1.29 is 4.74 Å². The lowest BCUT2D eigenvalue weighted by atomic mass is 9.77. The molecular weight excluding hydrogens is 222 g/mol. The molecule has 0 spiro atoms. The first-order chi connectivity index (χ1) is 8.83. The van der Waals surface area contributed by atoms with Crippen LogP contribution in [0.3, 0.4) is 0 Å². The molecule has 1 atom stereocenters. The molecule has 1 aliphatic carbocycles. The van der Waals surface area contributed by atoms with Crippen LogP contribution in [0.4, 0.5) is 0 Å². The predicted octanol–water partition coefficient (Wildman–Crippen LogP) is 3.54. The Morgan fingerprint density at radius 3 is 2.56 bits per heavy atom. The average molecular weight is 247 g/mol. The highest BCUT2D eigenvalue weighted by atomic mass is 16.5. The maximum Gasteiger partial charge on any atom is 0.0580 e. The van der Waals surface area contributed by atoms with Crippen LogP contribution in [0.1, 0.15) is 44.7 Å². The summed E-state index contributed by atoms with van der Waals surface area (Å²) in [5.74, 6) is 0.825. The van der Waals surface area contributed by atoms with Gasteiger partial charge in [0.25, 0.3) is 0 Å². The molecule has 1 aromatic carbocycles. The van der Waals surface area contributed by atoms with Crippen LogP contribution in [0.25, 0.3) is 0 Å². The molecule has 2 nitrogen and oxygen atoms in total. The van der Waals surface area contributed by atoms with Gasteiger partial charge >= 0.3 is 0 Å². The van der Waals surface area contributed by atoms with E-state index >= 15 is 0 Å². The number of hydrogen-bond acceptors (Lipinski definition) is 2. The number of hydrogen-bond donors (Lipinski definition) is 1. The summed E-state index contributed by atoms with van der Waals surface area (Å²) in [7, 11) is 0. The molecule has 1 fully saturated rings. The van der Waals surface area contributed by atoms with Crippen LogP contribution in [0.15, 0.2) is 30.3 Å². The molecule has 0 radical (unpaired) electrons. The normalized spacial score (nSPS) is 24.6. The maximum absolute atomic E-state index is 5.63. The second-order valence-electron chi connectivity index (χ2n) is 5.17. The summed E-state index contributed by atoms with van der Waals surface area (Å²) in [6.45, 7) is 6.15. The quantitative estimate of drug-likeness (QED) is 0.795. The molecule has 100 valence electrons. The Balaban J connectivity index is 1.85. The molecule has 1 unspecified atom stereocenters. The lowest BCUT2D eigenvalue weighted by Gasteiger charge is -2.37. The van der Waals surface area contributed by atoms with Gasteiger partial charge in [0.15, 0.2) is 0 Å². The fourth-order valence-corrected chi connectivity index (χ4v) is 2.84. The van der Waals surface area contributed by atoms with Gasteiger partial charge < -0.3 is 10.1 Å². The second-order valence-corrected chi connectivity index (χ2v) is 5.17. The molecule has 2 rings (SSSR count). The molecule has 0 saturated heterocycles. The van der Waals surface area contributed by atoms with Gasteiger partial charge in [-0.1, -0.05) is 37.3 Å². The van der Waals surface area contributed by atoms with Crippen LogP contribution >= 0.6 is 0 Å². The fourth-order valence-electron chi connectivity index (χ4n) is 2.84. The molecule has 0 heterocycles. The Kier molecular flexibility index (Phi) is 5.21. The highest BCUT2D eigenvalue weighted by Gasteiger charge is 2.31. The fraction of sp³-hybridized carbons (Fsp3) is 0.625. The van der Waals surface area contributed by atoms with Gasteiger partial charge in [-0.15, -0.1) is 0 Å². The van der Waals surface area contributed by atoms with E-state index in [0.29, 0.717) is 12.1 Å². The average Bonchev–Trinajstić information content (AvgIpc) is 2.36. The van der Waals surface area contributed by atoms with E-state index in [4.69, 9.17) is 4.74 Å². The molecule has 1 aliphatic rings. The zero-order chi connectivity index (χ0) is 12.8. The lowest BCUT2D eigenvalue weighted by molar-refractivity contribution is -0.0291. The Labute approximate surface area is 111 Å². The number of nitrogens with one attached hydrogen (secondary N) is 1. The van der Waals surface area contributed by atoms with Crippen LogP contribution in [-0.2, 0) is 4.74 Å². The topological polar surface area (TPSA) is 21.3 Å². The van der Waals surface area contributed by atoms with Gasteiger partial charge in [-0.2, -0.15) is 0 Å². The van der Waals surface area contributed by atoms with Gasteiger partial charge in [0.05, 0.1) is 6.10 Å². The van der Waals surface area contributed by atoms with Crippen molar-refractivity contribution in [3.05, 3.63) is 35.9 Å². The molecule has 0 amide bonds. The van der Waals surface area contributed by atoms with Crippen LogP contribution in [0, 0.1) is 5.92 Å². The summed E-state index contributed by atoms with van der Waals surface area (Å²) in [5, 5.41) is 3.60. The Bertz CT molecular complexity index is 332. The highest BCUT2D eigenvalue weighted by Crippen LogP contribution is 2.36. The van der Waals surface area contributed by atoms with Crippen LogP contribution in [0.2, 0.25) is 0 Å². The molecule has 1 saturated carbocycles. The van der Waals surface area contributed by atoms with Crippen LogP contribution in [0.5, 0.6) is 0 Å². The van der Waals surface area contributed by atoms with E-state index in [9.17, 15) is 0 Å². The van der Waals surface area contributed by atoms with Crippen molar-refractivity contribution in [2.45, 2.75) is 45.3 Å². The van der Waals surface area contributed by atoms with Crippen molar-refractivity contribution in [1.82, 2.24) is 5.32 Å². The number of ether oxygens (including phenoxy) is 1. The minimum Gasteiger partial charge on any atom is -0.378 e. The molecule has 2 heteroatoms. The maximum atomic E-state index is 5.63. The van der Waals surface area contributed by atoms with Gasteiger partial charge in [0.1, 0.15) is 0 Å². The molecule has 0 aromatic heterocycles. The van der Waals surface area contributed by atoms with Gasteiger partial charge in [-0.25, -0.2) is 0 Å². The number of rotatable bonds is 7. The summed E-state index contributed by atoms with van der Waals surface area (Å²) >= 11 is 0. The van der Waals surface area contributed by atoms with Crippen molar-refractivity contribution in [2.75, 3.05) is 13.2 Å². The standard InChI is InChI=1S/C16H25NO/c1-3-17-16(14-8-6-5-7-9-14)12-13-10-15(11-13)18-4-2/h5-9,13,15-17H,3-4,10-12H2,1-2H3. The van der Waals surface area contributed by atoms with Crippen LogP contribution in [-0.4, -0.2) is 19.3 Å². The summed E-state index contributed by atoms with van der Waals surface area (Å²) in [5.41, 5.74) is 1.42. The van der Waals surface area contributed by atoms with Gasteiger partial charge in [-0.05, 0) is 44.2 Å². The summed E-state index contributed by atoms with van der Waals surface area (Å²) in [4.78, 5) is 0. The largest absolute Gasteiger partial charge is 0.378 e. The van der Waals surface area contributed by atoms with Crippen molar-refractivity contribution in [2.24, 2.45) is 5.92 Å². The van der Waals surface area contributed by atoms with E-state index in [2.05, 4.69) is 49.5 Å². The molecular formula is C16H25NO. The monoisotopic (exact) mass is 247 g/mol. The molecule has 1 N–H and O–H groups in total. The van der Waals surface area contributed by atoms with E-state index in [1.165, 1.54) is 24.8 Å². The van der Waals surface area contributed by atoms with Crippen molar-refractivity contribution in [3.63, 3.8) is 0 Å². The Morgan fingerprint density at radius 1 is 1.22 bits per heavy atom. The lowest BCUT2D eigenvalue weighted by Crippen LogP contribution is -2.34. The SMILES string of the molecule is CCNC(CC1CC(OCC)C1)c1ccccc1. The predicted molar refractivity (Wildman–Crippen MR) is 75.6 cm³/mol. The van der Waals surface area contributed by atoms with Gasteiger partial charge in [0, 0.05) is 12.6 Å². The zero-order valence-electron chi connectivity index (χ0n) is 11.6. The smallest absolute Gasteiger partial charge is 0.0580 e. The van der Waals surface area contributed by atoms with Gasteiger partial charge in [-0.3, -0.25) is 0 Å². The summed E-state index contributed by atoms with van der Waals surface area (Å²) in [6, 6.07) is 11.3. The van der Waals surface area contributed by atoms with E-state index in [1.807, 2.05) is 0 Å². The third-order valence-corrected chi connectivity index (χ3v) is 3.82. The van der Waals surface area contributed by atoms with Gasteiger partial charge in [0.2, 0.25) is 0 Å². The molecule has 0 aliphatic heterocycles. The summed E-state index contributed by atoms with van der Waals surface area (Å²) in [6.07, 6.45) is 4.24. The van der Waals surface area contributed by atoms with E-state index in [-0.39, 0.29) is 0 Å². The minimum atomic E-state index is 0.503. The first kappa shape index (κ1) is 13.6. The second kappa shape index (κ2) is 6.91. The summed E-state index contributed by atoms with van der Waals surface area (Å²) < 4.78 is 5.63. The molecule has 1 aromatic rings. The highest BCUT2D eigenvalue weighted by molar-refractivity contribution is 5.19. The first-order valence-electron chi connectivity index (χ1n) is 7.23. The third kappa shape index (κ3) is 3.56. The van der Waals surface area contributed by atoms with E-state index in [0.717, 1.165) is 19.1 Å². The Morgan fingerprint density at radius 2 is 1.94 bits per heavy atom. The molecule has 18 heavy (non-hydrogen) atoms. The van der Waals surface area contributed by atoms with E-state index < -0.39 is 0 Å². The van der Waals surface area contributed by atoms with Crippen molar-refractivity contribution in [1.29, 1.82) is 0 Å². The zero-order valence-corrected chi connectivity index (χ0v) is 11.6.